The molecule has 2 atom stereocenters. The Bertz CT molecular complexity index is 927. The van der Waals surface area contributed by atoms with Gasteiger partial charge in [0.15, 0.2) is 0 Å². The minimum absolute atomic E-state index is 0.0364. The molecule has 0 saturated carbocycles. The van der Waals surface area contributed by atoms with Crippen molar-refractivity contribution >= 4 is 11.6 Å². The molecule has 4 nitrogen and oxygen atoms in total. The van der Waals surface area contributed by atoms with Crippen LogP contribution in [0.25, 0.3) is 0 Å². The summed E-state index contributed by atoms with van der Waals surface area (Å²) in [6, 6.07) is 23.0. The van der Waals surface area contributed by atoms with Gasteiger partial charge in [0.25, 0.3) is 0 Å². The molecule has 0 spiro atoms. The number of halogens is 1. The van der Waals surface area contributed by atoms with Crippen LogP contribution in [0.2, 0.25) is 0 Å². The average molecular weight is 376 g/mol. The van der Waals surface area contributed by atoms with E-state index in [0.717, 1.165) is 13.0 Å². The second-order valence-electron chi connectivity index (χ2n) is 6.87. The van der Waals surface area contributed by atoms with Crippen molar-refractivity contribution in [3.63, 3.8) is 0 Å². The molecule has 1 aliphatic heterocycles. The Hall–Kier alpha value is -3.18. The first-order valence-electron chi connectivity index (χ1n) is 9.30. The van der Waals surface area contributed by atoms with E-state index in [1.807, 2.05) is 18.2 Å². The van der Waals surface area contributed by atoms with Crippen LogP contribution in [-0.4, -0.2) is 18.5 Å². The number of hydrogen-bond donors (Lipinski definition) is 2. The lowest BCUT2D eigenvalue weighted by Gasteiger charge is -2.12. The topological polar surface area (TPSA) is 50.4 Å². The van der Waals surface area contributed by atoms with Crippen molar-refractivity contribution < 1.29 is 13.9 Å². The summed E-state index contributed by atoms with van der Waals surface area (Å²) in [5.41, 5.74) is 1.97. The van der Waals surface area contributed by atoms with Crippen LogP contribution in [0.1, 0.15) is 17.9 Å². The summed E-state index contributed by atoms with van der Waals surface area (Å²) in [4.78, 5) is 12.6. The molecule has 1 fully saturated rings. The second kappa shape index (κ2) is 8.23. The molecule has 142 valence electrons. The molecule has 1 heterocycles. The van der Waals surface area contributed by atoms with Gasteiger partial charge in [-0.25, -0.2) is 4.39 Å². The van der Waals surface area contributed by atoms with Gasteiger partial charge in [-0.1, -0.05) is 30.3 Å². The van der Waals surface area contributed by atoms with Crippen molar-refractivity contribution in [2.45, 2.75) is 18.4 Å². The van der Waals surface area contributed by atoms with E-state index in [4.69, 9.17) is 4.74 Å². The fraction of sp³-hybridized carbons (Fsp3) is 0.174. The molecule has 3 aromatic rings. The summed E-state index contributed by atoms with van der Waals surface area (Å²) in [6.45, 7) is 0.798. The van der Waals surface area contributed by atoms with E-state index in [1.54, 1.807) is 36.4 Å². The van der Waals surface area contributed by atoms with Gasteiger partial charge in [0.05, 0.1) is 6.04 Å². The van der Waals surface area contributed by atoms with Crippen LogP contribution in [-0.2, 0) is 4.79 Å². The van der Waals surface area contributed by atoms with E-state index in [0.29, 0.717) is 23.1 Å². The van der Waals surface area contributed by atoms with Gasteiger partial charge in [0.2, 0.25) is 5.91 Å². The molecule has 1 aliphatic rings. The first-order chi connectivity index (χ1) is 13.7. The molecule has 0 unspecified atom stereocenters. The molecule has 3 aromatic carbocycles. The molecule has 2 N–H and O–H groups in total. The van der Waals surface area contributed by atoms with Gasteiger partial charge in [-0.3, -0.25) is 4.79 Å². The number of benzene rings is 3. The number of ether oxygens (including phenoxy) is 1. The van der Waals surface area contributed by atoms with Crippen molar-refractivity contribution in [1.82, 2.24) is 5.32 Å². The highest BCUT2D eigenvalue weighted by molar-refractivity contribution is 5.95. The van der Waals surface area contributed by atoms with Gasteiger partial charge in [0, 0.05) is 12.2 Å². The van der Waals surface area contributed by atoms with Crippen LogP contribution in [0, 0.1) is 5.82 Å². The standard InChI is InChI=1S/C23H21FN2O2/c24-18-6-10-20(11-7-18)28-21-12-8-19(9-13-21)26-23(27)22-14-17(15-25-22)16-4-2-1-3-5-16/h1-13,17,22,25H,14-15H2,(H,26,27)/t17-,22+/m1/s1. The second-order valence-corrected chi connectivity index (χ2v) is 6.87. The Morgan fingerprint density at radius 3 is 2.25 bits per heavy atom. The lowest BCUT2D eigenvalue weighted by atomic mass is 9.96. The van der Waals surface area contributed by atoms with Crippen molar-refractivity contribution in [3.8, 4) is 11.5 Å². The average Bonchev–Trinajstić information content (AvgIpc) is 3.22. The zero-order chi connectivity index (χ0) is 19.3. The smallest absolute Gasteiger partial charge is 0.241 e. The zero-order valence-electron chi connectivity index (χ0n) is 15.3. The quantitative estimate of drug-likeness (QED) is 0.678. The van der Waals surface area contributed by atoms with E-state index in [-0.39, 0.29) is 17.8 Å². The molecular formula is C23H21FN2O2. The summed E-state index contributed by atoms with van der Waals surface area (Å²) < 4.78 is 18.6. The van der Waals surface area contributed by atoms with Crippen molar-refractivity contribution in [3.05, 3.63) is 90.2 Å². The van der Waals surface area contributed by atoms with E-state index >= 15 is 0 Å². The molecule has 0 bridgehead atoms. The number of carbonyl (C=O) groups excluding carboxylic acids is 1. The molecule has 0 aromatic heterocycles. The van der Waals surface area contributed by atoms with Crippen LogP contribution < -0.4 is 15.4 Å². The number of anilines is 1. The third-order valence-electron chi connectivity index (χ3n) is 4.89. The number of carbonyl (C=O) groups is 1. The predicted octanol–water partition coefficient (Wildman–Crippen LogP) is 4.70. The maximum absolute atomic E-state index is 12.9. The number of hydrogen-bond acceptors (Lipinski definition) is 3. The zero-order valence-corrected chi connectivity index (χ0v) is 15.3. The van der Waals surface area contributed by atoms with Crippen molar-refractivity contribution in [2.75, 3.05) is 11.9 Å². The molecule has 5 heteroatoms. The maximum atomic E-state index is 12.9. The van der Waals surface area contributed by atoms with Crippen LogP contribution in [0.5, 0.6) is 11.5 Å². The number of nitrogens with one attached hydrogen (secondary N) is 2. The van der Waals surface area contributed by atoms with Gasteiger partial charge < -0.3 is 15.4 Å². The lowest BCUT2D eigenvalue weighted by molar-refractivity contribution is -0.117. The van der Waals surface area contributed by atoms with Gasteiger partial charge in [-0.2, -0.15) is 0 Å². The third-order valence-corrected chi connectivity index (χ3v) is 4.89. The highest BCUT2D eigenvalue weighted by Crippen LogP contribution is 2.27. The lowest BCUT2D eigenvalue weighted by Crippen LogP contribution is -2.35. The fourth-order valence-electron chi connectivity index (χ4n) is 3.39. The summed E-state index contributed by atoms with van der Waals surface area (Å²) in [7, 11) is 0. The maximum Gasteiger partial charge on any atom is 0.241 e. The predicted molar refractivity (Wildman–Crippen MR) is 107 cm³/mol. The van der Waals surface area contributed by atoms with E-state index in [1.165, 1.54) is 17.7 Å². The molecule has 28 heavy (non-hydrogen) atoms. The van der Waals surface area contributed by atoms with Gasteiger partial charge in [-0.15, -0.1) is 0 Å². The largest absolute Gasteiger partial charge is 0.457 e. The highest BCUT2D eigenvalue weighted by Gasteiger charge is 2.30. The van der Waals surface area contributed by atoms with Gasteiger partial charge in [-0.05, 0) is 66.4 Å². The third kappa shape index (κ3) is 4.38. The van der Waals surface area contributed by atoms with Crippen LogP contribution >= 0.6 is 0 Å². The molecule has 1 saturated heterocycles. The van der Waals surface area contributed by atoms with Crippen LogP contribution in [0.3, 0.4) is 0 Å². The summed E-state index contributed by atoms with van der Waals surface area (Å²) >= 11 is 0. The van der Waals surface area contributed by atoms with Gasteiger partial charge in [0.1, 0.15) is 17.3 Å². The SMILES string of the molecule is O=C(Nc1ccc(Oc2ccc(F)cc2)cc1)[C@@H]1C[C@@H](c2ccccc2)CN1. The van der Waals surface area contributed by atoms with Crippen LogP contribution in [0.4, 0.5) is 10.1 Å². The molecule has 1 amide bonds. The molecule has 0 radical (unpaired) electrons. The number of rotatable bonds is 5. The monoisotopic (exact) mass is 376 g/mol. The Morgan fingerprint density at radius 1 is 0.929 bits per heavy atom. The van der Waals surface area contributed by atoms with Crippen LogP contribution in [0.15, 0.2) is 78.9 Å². The normalized spacial score (nSPS) is 18.6. The van der Waals surface area contributed by atoms with E-state index < -0.39 is 0 Å². The Labute approximate surface area is 163 Å². The van der Waals surface area contributed by atoms with E-state index in [2.05, 4.69) is 22.8 Å². The summed E-state index contributed by atoms with van der Waals surface area (Å²) in [5, 5.41) is 6.25. The highest BCUT2D eigenvalue weighted by atomic mass is 19.1. The minimum Gasteiger partial charge on any atom is -0.457 e. The van der Waals surface area contributed by atoms with E-state index in [9.17, 15) is 9.18 Å². The van der Waals surface area contributed by atoms with Crippen molar-refractivity contribution in [2.24, 2.45) is 0 Å². The Kier molecular flexibility index (Phi) is 5.35. The van der Waals surface area contributed by atoms with Crippen molar-refractivity contribution in [1.29, 1.82) is 0 Å². The molecular weight excluding hydrogens is 355 g/mol. The summed E-state index contributed by atoms with van der Waals surface area (Å²) in [6.07, 6.45) is 0.779. The number of amides is 1. The van der Waals surface area contributed by atoms with Gasteiger partial charge >= 0.3 is 0 Å². The minimum atomic E-state index is -0.305. The first-order valence-corrected chi connectivity index (χ1v) is 9.30. The Balaban J connectivity index is 1.33. The molecule has 4 rings (SSSR count). The molecule has 0 aliphatic carbocycles. The summed E-state index contributed by atoms with van der Waals surface area (Å²) in [5.74, 6) is 1.18. The fourth-order valence-corrected chi connectivity index (χ4v) is 3.39. The Morgan fingerprint density at radius 2 is 1.57 bits per heavy atom. The first kappa shape index (κ1) is 18.2.